The Labute approximate surface area is 162 Å². The van der Waals surface area contributed by atoms with Gasteiger partial charge in [-0.05, 0) is 43.5 Å². The SMILES string of the molecule is Cc1ccc(C(=O)Nc2ccncc2[N+](=O)[O-])cc1S(=O)(=O)N1CCCCC1. The lowest BCUT2D eigenvalue weighted by atomic mass is 10.1. The fourth-order valence-corrected chi connectivity index (χ4v) is 4.86. The maximum Gasteiger partial charge on any atom is 0.310 e. The van der Waals surface area contributed by atoms with Gasteiger partial charge in [-0.3, -0.25) is 19.9 Å². The molecular formula is C18H20N4O5S. The highest BCUT2D eigenvalue weighted by molar-refractivity contribution is 7.89. The van der Waals surface area contributed by atoms with Gasteiger partial charge >= 0.3 is 5.69 Å². The molecule has 148 valence electrons. The molecule has 10 heteroatoms. The number of hydrogen-bond acceptors (Lipinski definition) is 6. The molecule has 3 rings (SSSR count). The number of benzene rings is 1. The summed E-state index contributed by atoms with van der Waals surface area (Å²) in [6, 6.07) is 5.69. The molecule has 28 heavy (non-hydrogen) atoms. The van der Waals surface area contributed by atoms with Crippen molar-refractivity contribution in [1.82, 2.24) is 9.29 Å². The van der Waals surface area contributed by atoms with Crippen LogP contribution in [0.5, 0.6) is 0 Å². The van der Waals surface area contributed by atoms with E-state index in [0.29, 0.717) is 18.7 Å². The van der Waals surface area contributed by atoms with Gasteiger partial charge in [-0.15, -0.1) is 0 Å². The number of carbonyl (C=O) groups excluding carboxylic acids is 1. The zero-order valence-corrected chi connectivity index (χ0v) is 16.1. The molecule has 1 saturated heterocycles. The summed E-state index contributed by atoms with van der Waals surface area (Å²) >= 11 is 0. The summed E-state index contributed by atoms with van der Waals surface area (Å²) in [4.78, 5) is 26.8. The lowest BCUT2D eigenvalue weighted by Crippen LogP contribution is -2.36. The first-order chi connectivity index (χ1) is 13.3. The average molecular weight is 404 g/mol. The van der Waals surface area contributed by atoms with Gasteiger partial charge in [0.25, 0.3) is 5.91 Å². The fourth-order valence-electron chi connectivity index (χ4n) is 3.10. The van der Waals surface area contributed by atoms with Crippen LogP contribution in [0.1, 0.15) is 35.2 Å². The molecule has 1 aliphatic heterocycles. The van der Waals surface area contributed by atoms with Crippen molar-refractivity contribution in [3.8, 4) is 0 Å². The Bertz CT molecular complexity index is 1020. The molecule has 0 radical (unpaired) electrons. The van der Waals surface area contributed by atoms with Crippen LogP contribution in [0.4, 0.5) is 11.4 Å². The molecule has 1 aromatic carbocycles. The molecule has 2 heterocycles. The number of anilines is 1. The van der Waals surface area contributed by atoms with Crippen molar-refractivity contribution in [3.63, 3.8) is 0 Å². The zero-order valence-electron chi connectivity index (χ0n) is 15.3. The minimum atomic E-state index is -3.71. The number of sulfonamides is 1. The topological polar surface area (TPSA) is 123 Å². The number of pyridine rings is 1. The summed E-state index contributed by atoms with van der Waals surface area (Å²) in [6.45, 7) is 2.59. The van der Waals surface area contributed by atoms with Crippen LogP contribution in [-0.2, 0) is 10.0 Å². The zero-order chi connectivity index (χ0) is 20.3. The summed E-state index contributed by atoms with van der Waals surface area (Å²) in [7, 11) is -3.71. The third kappa shape index (κ3) is 4.02. The average Bonchev–Trinajstić information content (AvgIpc) is 2.69. The molecular weight excluding hydrogens is 384 g/mol. The number of piperidine rings is 1. The van der Waals surface area contributed by atoms with Crippen molar-refractivity contribution in [2.24, 2.45) is 0 Å². The van der Waals surface area contributed by atoms with Crippen molar-refractivity contribution >= 4 is 27.3 Å². The van der Waals surface area contributed by atoms with E-state index < -0.39 is 20.9 Å². The number of aryl methyl sites for hydroxylation is 1. The molecule has 1 N–H and O–H groups in total. The molecule has 1 fully saturated rings. The van der Waals surface area contributed by atoms with E-state index in [-0.39, 0.29) is 21.8 Å². The Hall–Kier alpha value is -2.85. The van der Waals surface area contributed by atoms with E-state index in [2.05, 4.69) is 10.3 Å². The van der Waals surface area contributed by atoms with Gasteiger partial charge in [0.2, 0.25) is 10.0 Å². The van der Waals surface area contributed by atoms with Crippen molar-refractivity contribution in [2.45, 2.75) is 31.1 Å². The van der Waals surface area contributed by atoms with Gasteiger partial charge in [-0.1, -0.05) is 12.5 Å². The van der Waals surface area contributed by atoms with Crippen LogP contribution in [0, 0.1) is 17.0 Å². The van der Waals surface area contributed by atoms with E-state index in [0.717, 1.165) is 25.5 Å². The van der Waals surface area contributed by atoms with Crippen molar-refractivity contribution in [1.29, 1.82) is 0 Å². The van der Waals surface area contributed by atoms with Gasteiger partial charge in [0.1, 0.15) is 11.9 Å². The second kappa shape index (κ2) is 8.03. The molecule has 1 aliphatic rings. The smallest absolute Gasteiger partial charge is 0.310 e. The van der Waals surface area contributed by atoms with E-state index in [4.69, 9.17) is 0 Å². The van der Waals surface area contributed by atoms with Crippen molar-refractivity contribution < 1.29 is 18.1 Å². The highest BCUT2D eigenvalue weighted by Gasteiger charge is 2.28. The number of nitrogens with one attached hydrogen (secondary N) is 1. The molecule has 0 bridgehead atoms. The van der Waals surface area contributed by atoms with E-state index in [9.17, 15) is 23.3 Å². The largest absolute Gasteiger partial charge is 0.316 e. The Morgan fingerprint density at radius 1 is 1.21 bits per heavy atom. The molecule has 0 spiro atoms. The van der Waals surface area contributed by atoms with E-state index in [1.165, 1.54) is 28.7 Å². The summed E-state index contributed by atoms with van der Waals surface area (Å²) in [5, 5.41) is 13.5. The highest BCUT2D eigenvalue weighted by Crippen LogP contribution is 2.26. The van der Waals surface area contributed by atoms with Gasteiger partial charge < -0.3 is 5.32 Å². The fraction of sp³-hybridized carbons (Fsp3) is 0.333. The van der Waals surface area contributed by atoms with E-state index in [1.54, 1.807) is 13.0 Å². The molecule has 0 saturated carbocycles. The summed E-state index contributed by atoms with van der Waals surface area (Å²) in [6.07, 6.45) is 4.98. The van der Waals surface area contributed by atoms with Crippen LogP contribution in [-0.4, -0.2) is 41.6 Å². The van der Waals surface area contributed by atoms with Gasteiger partial charge in [-0.2, -0.15) is 4.31 Å². The third-order valence-electron chi connectivity index (χ3n) is 4.63. The van der Waals surface area contributed by atoms with Gasteiger partial charge in [0, 0.05) is 24.8 Å². The first kappa shape index (κ1) is 19.9. The molecule has 0 unspecified atom stereocenters. The maximum atomic E-state index is 13.0. The number of amides is 1. The number of aromatic nitrogens is 1. The van der Waals surface area contributed by atoms with Crippen LogP contribution in [0.3, 0.4) is 0 Å². The van der Waals surface area contributed by atoms with Crippen LogP contribution in [0.2, 0.25) is 0 Å². The van der Waals surface area contributed by atoms with Gasteiger partial charge in [0.15, 0.2) is 0 Å². The monoisotopic (exact) mass is 404 g/mol. The summed E-state index contributed by atoms with van der Waals surface area (Å²) < 4.78 is 27.4. The highest BCUT2D eigenvalue weighted by atomic mass is 32.2. The van der Waals surface area contributed by atoms with Crippen molar-refractivity contribution in [2.75, 3.05) is 18.4 Å². The first-order valence-corrected chi connectivity index (χ1v) is 10.3. The molecule has 2 aromatic rings. The Morgan fingerprint density at radius 2 is 1.93 bits per heavy atom. The van der Waals surface area contributed by atoms with E-state index in [1.807, 2.05) is 0 Å². The molecule has 9 nitrogen and oxygen atoms in total. The number of nitrogens with zero attached hydrogens (tertiary/aromatic N) is 3. The normalized spacial score (nSPS) is 15.2. The molecule has 1 amide bonds. The number of carbonyl (C=O) groups is 1. The number of rotatable bonds is 5. The second-order valence-electron chi connectivity index (χ2n) is 6.55. The predicted molar refractivity (Wildman–Crippen MR) is 103 cm³/mol. The maximum absolute atomic E-state index is 13.0. The van der Waals surface area contributed by atoms with Crippen molar-refractivity contribution in [3.05, 3.63) is 57.9 Å². The summed E-state index contributed by atoms with van der Waals surface area (Å²) in [5.74, 6) is -0.635. The molecule has 1 aromatic heterocycles. The third-order valence-corrected chi connectivity index (χ3v) is 6.67. The number of nitro groups is 1. The van der Waals surface area contributed by atoms with Crippen LogP contribution in [0.25, 0.3) is 0 Å². The molecule has 0 atom stereocenters. The molecule has 0 aliphatic carbocycles. The Kier molecular flexibility index (Phi) is 5.71. The van der Waals surface area contributed by atoms with E-state index >= 15 is 0 Å². The summed E-state index contributed by atoms with van der Waals surface area (Å²) in [5.41, 5.74) is 0.291. The van der Waals surface area contributed by atoms with Gasteiger partial charge in [-0.25, -0.2) is 8.42 Å². The standard InChI is InChI=1S/C18H20N4O5S/c1-13-5-6-14(11-17(13)28(26,27)21-9-3-2-4-10-21)18(23)20-15-7-8-19-12-16(15)22(24)25/h5-8,11-12H,2-4,9-10H2,1H3,(H,19,20,23). The quantitative estimate of drug-likeness (QED) is 0.604. The minimum Gasteiger partial charge on any atom is -0.316 e. The van der Waals surface area contributed by atoms with Crippen LogP contribution in [0.15, 0.2) is 41.6 Å². The van der Waals surface area contributed by atoms with Crippen LogP contribution < -0.4 is 5.32 Å². The predicted octanol–water partition coefficient (Wildman–Crippen LogP) is 2.73. The Morgan fingerprint density at radius 3 is 2.61 bits per heavy atom. The second-order valence-corrected chi connectivity index (χ2v) is 8.46. The number of hydrogen-bond donors (Lipinski definition) is 1. The Balaban J connectivity index is 1.91. The van der Waals surface area contributed by atoms with Gasteiger partial charge in [0.05, 0.1) is 9.82 Å². The first-order valence-electron chi connectivity index (χ1n) is 8.81. The minimum absolute atomic E-state index is 0.00832. The lowest BCUT2D eigenvalue weighted by molar-refractivity contribution is -0.384. The van der Waals surface area contributed by atoms with Crippen LogP contribution >= 0.6 is 0 Å². The lowest BCUT2D eigenvalue weighted by Gasteiger charge is -2.26.